The molecule has 2 aromatic rings. The molecule has 2 fully saturated rings. The molecule has 1 aliphatic heterocycles. The maximum atomic E-state index is 13.5. The highest BCUT2D eigenvalue weighted by molar-refractivity contribution is 7.91. The zero-order valence-electron chi connectivity index (χ0n) is 17.2. The van der Waals surface area contributed by atoms with Crippen molar-refractivity contribution in [3.05, 3.63) is 59.4 Å². The first-order chi connectivity index (χ1) is 14.7. The predicted molar refractivity (Wildman–Crippen MR) is 119 cm³/mol. The fraction of sp³-hybridized carbons (Fsp3) is 0.435. The van der Waals surface area contributed by atoms with Crippen LogP contribution in [-0.4, -0.2) is 44.6 Å². The molecule has 1 spiro atoms. The third kappa shape index (κ3) is 5.27. The molecule has 1 heterocycles. The molecule has 1 saturated heterocycles. The maximum Gasteiger partial charge on any atom is 0.227 e. The molecule has 0 unspecified atom stereocenters. The average Bonchev–Trinajstić information content (AvgIpc) is 2.71. The van der Waals surface area contributed by atoms with Crippen molar-refractivity contribution in [2.75, 3.05) is 30.7 Å². The summed E-state index contributed by atoms with van der Waals surface area (Å²) in [4.78, 5) is 15.1. The van der Waals surface area contributed by atoms with Crippen molar-refractivity contribution >= 4 is 33.0 Å². The molecule has 31 heavy (non-hydrogen) atoms. The minimum atomic E-state index is -3.26. The first-order valence-electron chi connectivity index (χ1n) is 10.5. The number of amides is 1. The van der Waals surface area contributed by atoms with Crippen molar-refractivity contribution in [2.24, 2.45) is 11.3 Å². The molecule has 4 rings (SSSR count). The van der Waals surface area contributed by atoms with E-state index in [1.807, 2.05) is 6.07 Å². The van der Waals surface area contributed by atoms with E-state index in [0.717, 1.165) is 38.8 Å². The zero-order valence-corrected chi connectivity index (χ0v) is 18.8. The lowest BCUT2D eigenvalue weighted by molar-refractivity contribution is -0.123. The Labute approximate surface area is 187 Å². The summed E-state index contributed by atoms with van der Waals surface area (Å²) in [6.45, 7) is 2.29. The van der Waals surface area contributed by atoms with Gasteiger partial charge < -0.3 is 10.2 Å². The highest BCUT2D eigenvalue weighted by Crippen LogP contribution is 2.45. The van der Waals surface area contributed by atoms with Crippen molar-refractivity contribution in [1.29, 1.82) is 0 Å². The van der Waals surface area contributed by atoms with Crippen LogP contribution in [0.1, 0.15) is 25.7 Å². The molecule has 1 saturated carbocycles. The summed E-state index contributed by atoms with van der Waals surface area (Å²) >= 11 is 5.85. The van der Waals surface area contributed by atoms with Crippen LogP contribution >= 0.6 is 11.6 Å². The lowest BCUT2D eigenvalue weighted by atomic mass is 9.66. The summed E-state index contributed by atoms with van der Waals surface area (Å²) in [5, 5.41) is 3.03. The Balaban J connectivity index is 1.23. The van der Waals surface area contributed by atoms with E-state index in [0.29, 0.717) is 17.1 Å². The van der Waals surface area contributed by atoms with Crippen LogP contribution in [0, 0.1) is 17.2 Å². The van der Waals surface area contributed by atoms with Crippen molar-refractivity contribution < 1.29 is 17.6 Å². The molecule has 0 aromatic heterocycles. The topological polar surface area (TPSA) is 66.5 Å². The van der Waals surface area contributed by atoms with Crippen LogP contribution in [0.2, 0.25) is 5.02 Å². The first kappa shape index (κ1) is 22.2. The summed E-state index contributed by atoms with van der Waals surface area (Å²) in [6.07, 6.45) is 3.45. The lowest BCUT2D eigenvalue weighted by Gasteiger charge is -2.53. The Bertz CT molecular complexity index is 1030. The second-order valence-electron chi connectivity index (χ2n) is 8.76. The van der Waals surface area contributed by atoms with Crippen LogP contribution < -0.4 is 5.32 Å². The number of benzene rings is 2. The van der Waals surface area contributed by atoms with E-state index in [9.17, 15) is 17.6 Å². The second-order valence-corrected chi connectivity index (χ2v) is 11.3. The van der Waals surface area contributed by atoms with Gasteiger partial charge in [0, 0.05) is 36.3 Å². The van der Waals surface area contributed by atoms with Crippen molar-refractivity contribution in [3.63, 3.8) is 0 Å². The molecule has 2 aliphatic rings. The minimum absolute atomic E-state index is 0.0957. The fourth-order valence-corrected chi connectivity index (χ4v) is 6.26. The first-order valence-corrected chi connectivity index (χ1v) is 12.5. The van der Waals surface area contributed by atoms with Gasteiger partial charge in [-0.05, 0) is 61.4 Å². The Kier molecular flexibility index (Phi) is 6.37. The summed E-state index contributed by atoms with van der Waals surface area (Å²) in [6, 6.07) is 12.6. The summed E-state index contributed by atoms with van der Waals surface area (Å²) < 4.78 is 38.4. The van der Waals surface area contributed by atoms with E-state index in [1.165, 1.54) is 12.1 Å². The molecule has 0 atom stereocenters. The van der Waals surface area contributed by atoms with Gasteiger partial charge in [-0.2, -0.15) is 0 Å². The number of hydrogen-bond donors (Lipinski definition) is 1. The van der Waals surface area contributed by atoms with E-state index < -0.39 is 15.7 Å². The number of sulfone groups is 1. The number of anilines is 1. The Morgan fingerprint density at radius 2 is 1.81 bits per heavy atom. The van der Waals surface area contributed by atoms with Gasteiger partial charge in [-0.1, -0.05) is 29.8 Å². The van der Waals surface area contributed by atoms with Crippen LogP contribution in [0.25, 0.3) is 0 Å². The van der Waals surface area contributed by atoms with Gasteiger partial charge in [-0.3, -0.25) is 4.79 Å². The third-order valence-corrected chi connectivity index (χ3v) is 8.37. The maximum absolute atomic E-state index is 13.5. The Hall–Kier alpha value is -1.96. The standard InChI is InChI=1S/C23H26ClFN2O3S/c24-18-12-19(25)14-20(13-18)26-22(28)17-6-8-23(9-7-17)15-27(16-23)10-11-31(29,30)21-4-2-1-3-5-21/h1-5,12-14,17H,6-11,15-16H2,(H,26,28). The van der Waals surface area contributed by atoms with Gasteiger partial charge in [0.2, 0.25) is 5.91 Å². The van der Waals surface area contributed by atoms with E-state index in [-0.39, 0.29) is 28.0 Å². The Morgan fingerprint density at radius 1 is 1.13 bits per heavy atom. The molecule has 1 amide bonds. The van der Waals surface area contributed by atoms with E-state index in [4.69, 9.17) is 11.6 Å². The van der Waals surface area contributed by atoms with E-state index in [1.54, 1.807) is 30.3 Å². The fourth-order valence-electron chi connectivity index (χ4n) is 4.73. The highest BCUT2D eigenvalue weighted by Gasteiger charge is 2.46. The van der Waals surface area contributed by atoms with Crippen LogP contribution in [0.4, 0.5) is 10.1 Å². The van der Waals surface area contributed by atoms with Gasteiger partial charge >= 0.3 is 0 Å². The van der Waals surface area contributed by atoms with Gasteiger partial charge in [0.05, 0.1) is 10.6 Å². The number of rotatable bonds is 6. The van der Waals surface area contributed by atoms with Gasteiger partial charge in [0.1, 0.15) is 5.82 Å². The molecule has 5 nitrogen and oxygen atoms in total. The molecule has 8 heteroatoms. The molecular formula is C23H26ClFN2O3S. The summed E-state index contributed by atoms with van der Waals surface area (Å²) in [5.41, 5.74) is 0.569. The predicted octanol–water partition coefficient (Wildman–Crippen LogP) is 4.38. The van der Waals surface area contributed by atoms with Gasteiger partial charge in [0.15, 0.2) is 9.84 Å². The molecule has 1 aliphatic carbocycles. The van der Waals surface area contributed by atoms with Crippen molar-refractivity contribution in [3.8, 4) is 0 Å². The third-order valence-electron chi connectivity index (χ3n) is 6.44. The number of nitrogens with zero attached hydrogens (tertiary/aromatic N) is 1. The van der Waals surface area contributed by atoms with Gasteiger partial charge in [-0.15, -0.1) is 0 Å². The smallest absolute Gasteiger partial charge is 0.227 e. The largest absolute Gasteiger partial charge is 0.326 e. The van der Waals surface area contributed by atoms with Crippen molar-refractivity contribution in [1.82, 2.24) is 4.90 Å². The molecule has 2 aromatic carbocycles. The average molecular weight is 465 g/mol. The number of hydrogen-bond acceptors (Lipinski definition) is 4. The molecule has 166 valence electrons. The van der Waals surface area contributed by atoms with Crippen LogP contribution in [0.5, 0.6) is 0 Å². The number of nitrogens with one attached hydrogen (secondary N) is 1. The zero-order chi connectivity index (χ0) is 22.1. The van der Waals surface area contributed by atoms with Gasteiger partial charge in [-0.25, -0.2) is 12.8 Å². The normalized spacial score (nSPS) is 19.2. The monoisotopic (exact) mass is 464 g/mol. The number of carbonyl (C=O) groups is 1. The molecular weight excluding hydrogens is 439 g/mol. The molecule has 1 N–H and O–H groups in total. The van der Waals surface area contributed by atoms with Crippen LogP contribution in [-0.2, 0) is 14.6 Å². The minimum Gasteiger partial charge on any atom is -0.326 e. The number of carbonyl (C=O) groups excluding carboxylic acids is 1. The van der Waals surface area contributed by atoms with Crippen molar-refractivity contribution in [2.45, 2.75) is 30.6 Å². The molecule has 0 radical (unpaired) electrons. The highest BCUT2D eigenvalue weighted by atomic mass is 35.5. The Morgan fingerprint density at radius 3 is 2.45 bits per heavy atom. The second kappa shape index (κ2) is 8.88. The van der Waals surface area contributed by atoms with Gasteiger partial charge in [0.25, 0.3) is 0 Å². The quantitative estimate of drug-likeness (QED) is 0.688. The van der Waals surface area contributed by atoms with E-state index >= 15 is 0 Å². The lowest BCUT2D eigenvalue weighted by Crippen LogP contribution is -2.58. The summed E-state index contributed by atoms with van der Waals surface area (Å²) in [7, 11) is -3.26. The van der Waals surface area contributed by atoms with Crippen LogP contribution in [0.3, 0.4) is 0 Å². The van der Waals surface area contributed by atoms with E-state index in [2.05, 4.69) is 10.2 Å². The van der Waals surface area contributed by atoms with Crippen LogP contribution in [0.15, 0.2) is 53.4 Å². The molecule has 0 bridgehead atoms. The summed E-state index contributed by atoms with van der Waals surface area (Å²) in [5.74, 6) is -0.551. The number of likely N-dealkylation sites (tertiary alicyclic amines) is 1. The number of halogens is 2. The SMILES string of the molecule is O=C(Nc1cc(F)cc(Cl)c1)C1CCC2(CC1)CN(CCS(=O)(=O)c1ccccc1)C2.